The fourth-order valence-electron chi connectivity index (χ4n) is 3.78. The Morgan fingerprint density at radius 1 is 0.552 bits per heavy atom. The first-order chi connectivity index (χ1) is 14.2. The van der Waals surface area contributed by atoms with E-state index in [1.807, 2.05) is 77.2 Å². The van der Waals surface area contributed by atoms with E-state index >= 15 is 0 Å². The lowest BCUT2D eigenvalue weighted by Gasteiger charge is -2.07. The molecule has 3 nitrogen and oxygen atoms in total. The van der Waals surface area contributed by atoms with Crippen LogP contribution in [0.15, 0.2) is 103 Å². The summed E-state index contributed by atoms with van der Waals surface area (Å²) in [6.45, 7) is 0. The van der Waals surface area contributed by atoms with Crippen LogP contribution in [0.3, 0.4) is 0 Å². The molecule has 0 saturated carbocycles. The van der Waals surface area contributed by atoms with Crippen molar-refractivity contribution in [3.63, 3.8) is 0 Å². The maximum absolute atomic E-state index is 13.3. The molecule has 5 rings (SSSR count). The molecule has 2 heterocycles. The van der Waals surface area contributed by atoms with Crippen LogP contribution in [-0.2, 0) is 0 Å². The van der Waals surface area contributed by atoms with E-state index in [0.29, 0.717) is 22.4 Å². The Balaban J connectivity index is 1.81. The maximum Gasteiger partial charge on any atom is 0.209 e. The van der Waals surface area contributed by atoms with Crippen LogP contribution in [0.1, 0.15) is 32.0 Å². The van der Waals surface area contributed by atoms with E-state index in [9.17, 15) is 9.59 Å². The summed E-state index contributed by atoms with van der Waals surface area (Å²) in [6.07, 6.45) is 0. The van der Waals surface area contributed by atoms with Gasteiger partial charge in [-0.3, -0.25) is 9.59 Å². The van der Waals surface area contributed by atoms with Crippen LogP contribution in [0, 0.1) is 0 Å². The number of ketones is 2. The Hall–Kier alpha value is -3.98. The topological polar surface area (TPSA) is 38.5 Å². The molecule has 0 aliphatic rings. The molecule has 3 aromatic carbocycles. The van der Waals surface area contributed by atoms with Crippen LogP contribution in [0.25, 0.3) is 16.4 Å². The highest BCUT2D eigenvalue weighted by atomic mass is 16.1. The molecule has 0 aliphatic carbocycles. The van der Waals surface area contributed by atoms with E-state index in [2.05, 4.69) is 0 Å². The van der Waals surface area contributed by atoms with Crippen LogP contribution in [0.5, 0.6) is 0 Å². The van der Waals surface area contributed by atoms with Crippen molar-refractivity contribution in [3.05, 3.63) is 126 Å². The van der Waals surface area contributed by atoms with Gasteiger partial charge in [0.2, 0.25) is 5.78 Å². The van der Waals surface area contributed by atoms with Crippen molar-refractivity contribution in [3.8, 4) is 0 Å². The summed E-state index contributed by atoms with van der Waals surface area (Å²) in [7, 11) is 0. The Bertz CT molecular complexity index is 1370. The van der Waals surface area contributed by atoms with E-state index < -0.39 is 0 Å². The molecule has 5 aromatic rings. The van der Waals surface area contributed by atoms with Gasteiger partial charge in [-0.05, 0) is 23.6 Å². The summed E-state index contributed by atoms with van der Waals surface area (Å²) < 4.78 is 1.90. The van der Waals surface area contributed by atoms with Gasteiger partial charge in [-0.15, -0.1) is 0 Å². The van der Waals surface area contributed by atoms with Gasteiger partial charge >= 0.3 is 0 Å². The fourth-order valence-corrected chi connectivity index (χ4v) is 3.78. The molecular formula is C26H17NO2. The molecule has 0 aliphatic heterocycles. The number of para-hydroxylation sites is 1. The minimum atomic E-state index is -0.107. The number of benzene rings is 3. The average molecular weight is 375 g/mol. The van der Waals surface area contributed by atoms with E-state index in [0.717, 1.165) is 16.4 Å². The second-order valence-electron chi connectivity index (χ2n) is 6.95. The van der Waals surface area contributed by atoms with Crippen LogP contribution < -0.4 is 0 Å². The zero-order valence-corrected chi connectivity index (χ0v) is 15.6. The highest BCUT2D eigenvalue weighted by Gasteiger charge is 2.22. The van der Waals surface area contributed by atoms with Crippen LogP contribution >= 0.6 is 0 Å². The molecule has 0 radical (unpaired) electrons. The Kier molecular flexibility index (Phi) is 4.07. The lowest BCUT2D eigenvalue weighted by atomic mass is 10.0. The van der Waals surface area contributed by atoms with Crippen molar-refractivity contribution >= 4 is 28.0 Å². The number of pyridine rings is 1. The predicted octanol–water partition coefficient (Wildman–Crippen LogP) is 5.55. The highest BCUT2D eigenvalue weighted by molar-refractivity contribution is 6.17. The largest absolute Gasteiger partial charge is 0.305 e. The summed E-state index contributed by atoms with van der Waals surface area (Å²) in [4.78, 5) is 26.6. The summed E-state index contributed by atoms with van der Waals surface area (Å²) in [5.74, 6) is -0.199. The molecule has 2 aromatic heterocycles. The molecule has 0 atom stereocenters. The second-order valence-corrected chi connectivity index (χ2v) is 6.95. The van der Waals surface area contributed by atoms with Gasteiger partial charge < -0.3 is 4.40 Å². The average Bonchev–Trinajstić information content (AvgIpc) is 3.19. The van der Waals surface area contributed by atoms with Crippen LogP contribution in [0.4, 0.5) is 0 Å². The number of fused-ring (bicyclic) bond motifs is 3. The standard InChI is InChI=1S/C26H17NO2/c28-25(19-10-3-1-4-11-19)21-17-24(26(29)20-12-5-2-6-13-20)27-22-14-8-7-9-18(22)15-16-23(21)27/h1-17H. The monoisotopic (exact) mass is 375 g/mol. The quantitative estimate of drug-likeness (QED) is 0.386. The first kappa shape index (κ1) is 17.1. The highest BCUT2D eigenvalue weighted by Crippen LogP contribution is 2.27. The molecule has 29 heavy (non-hydrogen) atoms. The van der Waals surface area contributed by atoms with Crippen molar-refractivity contribution in [2.75, 3.05) is 0 Å². The number of rotatable bonds is 4. The molecular weight excluding hydrogens is 358 g/mol. The number of nitrogens with zero attached hydrogens (tertiary/aromatic N) is 1. The number of hydrogen-bond acceptors (Lipinski definition) is 2. The molecule has 0 fully saturated rings. The van der Waals surface area contributed by atoms with Gasteiger partial charge in [-0.1, -0.05) is 84.9 Å². The van der Waals surface area contributed by atoms with Gasteiger partial charge in [-0.25, -0.2) is 0 Å². The number of carbonyl (C=O) groups is 2. The molecule has 0 bridgehead atoms. The lowest BCUT2D eigenvalue weighted by Crippen LogP contribution is -2.05. The van der Waals surface area contributed by atoms with Crippen molar-refractivity contribution in [2.45, 2.75) is 0 Å². The fraction of sp³-hybridized carbons (Fsp3) is 0. The minimum absolute atomic E-state index is 0.0921. The summed E-state index contributed by atoms with van der Waals surface area (Å²) in [5.41, 5.74) is 3.85. The number of aromatic nitrogens is 1. The van der Waals surface area contributed by atoms with E-state index in [4.69, 9.17) is 0 Å². The Labute approximate surface area is 167 Å². The normalized spacial score (nSPS) is 11.0. The smallest absolute Gasteiger partial charge is 0.209 e. The van der Waals surface area contributed by atoms with Gasteiger partial charge in [0.15, 0.2) is 5.78 Å². The molecule has 138 valence electrons. The zero-order chi connectivity index (χ0) is 19.8. The van der Waals surface area contributed by atoms with Crippen molar-refractivity contribution in [2.24, 2.45) is 0 Å². The van der Waals surface area contributed by atoms with E-state index in [-0.39, 0.29) is 11.6 Å². The van der Waals surface area contributed by atoms with Gasteiger partial charge in [0.05, 0.1) is 16.7 Å². The summed E-state index contributed by atoms with van der Waals surface area (Å²) in [6, 6.07) is 31.8. The van der Waals surface area contributed by atoms with Crippen molar-refractivity contribution in [1.82, 2.24) is 4.40 Å². The van der Waals surface area contributed by atoms with Gasteiger partial charge in [-0.2, -0.15) is 0 Å². The lowest BCUT2D eigenvalue weighted by molar-refractivity contribution is 0.103. The molecule has 3 heteroatoms. The predicted molar refractivity (Wildman–Crippen MR) is 115 cm³/mol. The Morgan fingerprint density at radius 3 is 1.83 bits per heavy atom. The molecule has 0 N–H and O–H groups in total. The van der Waals surface area contributed by atoms with E-state index in [1.165, 1.54) is 0 Å². The van der Waals surface area contributed by atoms with E-state index in [1.54, 1.807) is 30.3 Å². The zero-order valence-electron chi connectivity index (χ0n) is 15.6. The molecule has 0 amide bonds. The third-order valence-electron chi connectivity index (χ3n) is 5.19. The number of carbonyl (C=O) groups excluding carboxylic acids is 2. The first-order valence-corrected chi connectivity index (χ1v) is 9.47. The van der Waals surface area contributed by atoms with Crippen molar-refractivity contribution in [1.29, 1.82) is 0 Å². The van der Waals surface area contributed by atoms with Gasteiger partial charge in [0.1, 0.15) is 0 Å². The first-order valence-electron chi connectivity index (χ1n) is 9.47. The molecule has 0 unspecified atom stereocenters. The summed E-state index contributed by atoms with van der Waals surface area (Å²) in [5, 5.41) is 1.01. The van der Waals surface area contributed by atoms with Gasteiger partial charge in [0.25, 0.3) is 0 Å². The number of hydrogen-bond donors (Lipinski definition) is 0. The van der Waals surface area contributed by atoms with Crippen LogP contribution in [-0.4, -0.2) is 16.0 Å². The molecule has 0 saturated heterocycles. The van der Waals surface area contributed by atoms with Crippen LogP contribution in [0.2, 0.25) is 0 Å². The SMILES string of the molecule is O=C(c1ccccc1)c1cc(C(=O)c2ccccc2)n2c1ccc1ccccc12. The maximum atomic E-state index is 13.3. The van der Waals surface area contributed by atoms with Crippen molar-refractivity contribution < 1.29 is 9.59 Å². The third kappa shape index (κ3) is 2.84. The second kappa shape index (κ2) is 6.88. The van der Waals surface area contributed by atoms with Gasteiger partial charge in [0, 0.05) is 16.7 Å². The Morgan fingerprint density at radius 2 is 1.14 bits per heavy atom. The minimum Gasteiger partial charge on any atom is -0.305 e. The third-order valence-corrected chi connectivity index (χ3v) is 5.19. The molecule has 0 spiro atoms. The summed E-state index contributed by atoms with van der Waals surface area (Å²) >= 11 is 0.